The van der Waals surface area contributed by atoms with E-state index in [9.17, 15) is 15.0 Å². The number of ether oxygens (including phenoxy) is 1. The van der Waals surface area contributed by atoms with Crippen LogP contribution >= 0.6 is 0 Å². The highest BCUT2D eigenvalue weighted by Crippen LogP contribution is 2.36. The lowest BCUT2D eigenvalue weighted by Gasteiger charge is -2.19. The zero-order valence-electron chi connectivity index (χ0n) is 11.1. The smallest absolute Gasteiger partial charge is 0.330 e. The van der Waals surface area contributed by atoms with Crippen molar-refractivity contribution in [3.63, 3.8) is 0 Å². The van der Waals surface area contributed by atoms with Gasteiger partial charge in [0.25, 0.3) is 0 Å². The molecular weight excluding hydrogens is 244 g/mol. The molecular formula is C15H22O4. The van der Waals surface area contributed by atoms with Crippen molar-refractivity contribution in [3.8, 4) is 0 Å². The number of cyclic esters (lactones) is 1. The molecule has 1 fully saturated rings. The van der Waals surface area contributed by atoms with Crippen LogP contribution in [-0.2, 0) is 9.53 Å². The Bertz CT molecular complexity index is 361. The van der Waals surface area contributed by atoms with E-state index in [1.54, 1.807) is 0 Å². The second kappa shape index (κ2) is 6.87. The van der Waals surface area contributed by atoms with Crippen molar-refractivity contribution in [2.75, 3.05) is 6.61 Å². The number of rotatable bonds is 0. The van der Waals surface area contributed by atoms with E-state index in [0.29, 0.717) is 19.4 Å². The third kappa shape index (κ3) is 4.18. The number of carbonyl (C=O) groups excluding carboxylic acids is 1. The molecule has 2 rings (SSSR count). The van der Waals surface area contributed by atoms with Crippen LogP contribution < -0.4 is 0 Å². The van der Waals surface area contributed by atoms with E-state index in [-0.39, 0.29) is 17.9 Å². The fourth-order valence-corrected chi connectivity index (χ4v) is 2.86. The van der Waals surface area contributed by atoms with E-state index in [2.05, 4.69) is 12.2 Å². The first-order chi connectivity index (χ1) is 9.16. The van der Waals surface area contributed by atoms with Crippen molar-refractivity contribution in [2.45, 2.75) is 44.3 Å². The highest BCUT2D eigenvalue weighted by molar-refractivity contribution is 5.81. The molecule has 4 nitrogen and oxygen atoms in total. The molecule has 4 heteroatoms. The third-order valence-corrected chi connectivity index (χ3v) is 3.90. The number of aliphatic hydroxyl groups excluding tert-OH is 2. The number of aliphatic hydroxyl groups is 2. The van der Waals surface area contributed by atoms with E-state index in [1.807, 2.05) is 0 Å². The van der Waals surface area contributed by atoms with E-state index in [1.165, 1.54) is 12.2 Å². The van der Waals surface area contributed by atoms with Crippen LogP contribution in [0.2, 0.25) is 0 Å². The van der Waals surface area contributed by atoms with Gasteiger partial charge in [0.15, 0.2) is 0 Å². The Hall–Kier alpha value is -1.13. The monoisotopic (exact) mass is 266 g/mol. The topological polar surface area (TPSA) is 66.8 Å². The Balaban J connectivity index is 2.09. The number of hydrogen-bond acceptors (Lipinski definition) is 4. The third-order valence-electron chi connectivity index (χ3n) is 3.90. The molecule has 0 spiro atoms. The van der Waals surface area contributed by atoms with Gasteiger partial charge >= 0.3 is 5.97 Å². The maximum absolute atomic E-state index is 11.4. The molecule has 0 saturated heterocycles. The van der Waals surface area contributed by atoms with E-state index < -0.39 is 12.1 Å². The van der Waals surface area contributed by atoms with Gasteiger partial charge in [-0.15, -0.1) is 0 Å². The summed E-state index contributed by atoms with van der Waals surface area (Å²) in [6.07, 6.45) is 10.00. The Morgan fingerprint density at radius 2 is 2.00 bits per heavy atom. The van der Waals surface area contributed by atoms with Gasteiger partial charge in [-0.2, -0.15) is 0 Å². The first-order valence-corrected chi connectivity index (χ1v) is 7.04. The van der Waals surface area contributed by atoms with Gasteiger partial charge in [-0.05, 0) is 50.0 Å². The molecule has 0 radical (unpaired) electrons. The van der Waals surface area contributed by atoms with Crippen molar-refractivity contribution in [3.05, 3.63) is 24.3 Å². The number of esters is 1. The molecule has 2 N–H and O–H groups in total. The van der Waals surface area contributed by atoms with Crippen LogP contribution in [0.1, 0.15) is 32.1 Å². The summed E-state index contributed by atoms with van der Waals surface area (Å²) < 4.78 is 5.03. The summed E-state index contributed by atoms with van der Waals surface area (Å²) in [5, 5.41) is 19.9. The van der Waals surface area contributed by atoms with Crippen LogP contribution in [0.15, 0.2) is 24.3 Å². The normalized spacial score (nSPS) is 40.2. The van der Waals surface area contributed by atoms with Crippen LogP contribution in [0.25, 0.3) is 0 Å². The summed E-state index contributed by atoms with van der Waals surface area (Å²) >= 11 is 0. The number of allylic oxidation sites excluding steroid dienone is 2. The maximum atomic E-state index is 11.4. The van der Waals surface area contributed by atoms with E-state index in [0.717, 1.165) is 19.3 Å². The van der Waals surface area contributed by atoms with Crippen molar-refractivity contribution in [2.24, 2.45) is 11.8 Å². The summed E-state index contributed by atoms with van der Waals surface area (Å²) in [7, 11) is 0. The lowest BCUT2D eigenvalue weighted by atomic mass is 9.90. The van der Waals surface area contributed by atoms with E-state index >= 15 is 0 Å². The predicted molar refractivity (Wildman–Crippen MR) is 71.3 cm³/mol. The summed E-state index contributed by atoms with van der Waals surface area (Å²) in [6, 6.07) is 0. The van der Waals surface area contributed by atoms with Crippen LogP contribution in [0.3, 0.4) is 0 Å². The molecule has 0 bridgehead atoms. The van der Waals surface area contributed by atoms with Gasteiger partial charge in [0.2, 0.25) is 0 Å². The molecule has 0 aromatic carbocycles. The number of fused-ring (bicyclic) bond motifs is 1. The molecule has 1 heterocycles. The van der Waals surface area contributed by atoms with Gasteiger partial charge in [0, 0.05) is 6.08 Å². The quantitative estimate of drug-likeness (QED) is 0.516. The Kier molecular flexibility index (Phi) is 5.16. The standard InChI is InChI=1S/C15H22O4/c16-12-9-11-5-3-1-2-4-8-19-15(18)7-6-14(17)13(11)10-12/h3,5-7,11-14,16-17H,1-2,4,8-10H2/b5-3+,7-6+/t11-,12+,13-,14-/m1/s1. The molecule has 1 aliphatic heterocycles. The Labute approximate surface area is 113 Å². The van der Waals surface area contributed by atoms with Crippen molar-refractivity contribution >= 4 is 5.97 Å². The Morgan fingerprint density at radius 3 is 2.84 bits per heavy atom. The molecule has 4 atom stereocenters. The summed E-state index contributed by atoms with van der Waals surface area (Å²) in [6.45, 7) is 0.429. The SMILES string of the molecule is O=C1/C=C/[C@@H](O)[C@@H]2C[C@@H](O)C[C@H]2/C=C/CCCCO1. The van der Waals surface area contributed by atoms with Gasteiger partial charge in [-0.25, -0.2) is 4.79 Å². The largest absolute Gasteiger partial charge is 0.463 e. The first-order valence-electron chi connectivity index (χ1n) is 7.04. The van der Waals surface area contributed by atoms with Gasteiger partial charge in [0.1, 0.15) is 0 Å². The molecule has 1 aliphatic carbocycles. The predicted octanol–water partition coefficient (Wildman–Crippen LogP) is 1.57. The van der Waals surface area contributed by atoms with Gasteiger partial charge in [0.05, 0.1) is 18.8 Å². The minimum Gasteiger partial charge on any atom is -0.463 e. The highest BCUT2D eigenvalue weighted by Gasteiger charge is 2.35. The fraction of sp³-hybridized carbons (Fsp3) is 0.667. The molecule has 19 heavy (non-hydrogen) atoms. The molecule has 0 aromatic heterocycles. The van der Waals surface area contributed by atoms with E-state index in [4.69, 9.17) is 4.74 Å². The molecule has 0 amide bonds. The zero-order chi connectivity index (χ0) is 13.7. The molecule has 1 saturated carbocycles. The fourth-order valence-electron chi connectivity index (χ4n) is 2.86. The van der Waals surface area contributed by atoms with Gasteiger partial charge < -0.3 is 14.9 Å². The lowest BCUT2D eigenvalue weighted by molar-refractivity contribution is -0.137. The molecule has 2 aliphatic rings. The van der Waals surface area contributed by atoms with Gasteiger partial charge in [-0.3, -0.25) is 0 Å². The molecule has 106 valence electrons. The van der Waals surface area contributed by atoms with Gasteiger partial charge in [-0.1, -0.05) is 12.2 Å². The van der Waals surface area contributed by atoms with Crippen molar-refractivity contribution < 1.29 is 19.7 Å². The first kappa shape index (κ1) is 14.3. The van der Waals surface area contributed by atoms with Crippen LogP contribution in [0.5, 0.6) is 0 Å². The summed E-state index contributed by atoms with van der Waals surface area (Å²) in [5.41, 5.74) is 0. The van der Waals surface area contributed by atoms with Crippen LogP contribution in [-0.4, -0.2) is 35.0 Å². The maximum Gasteiger partial charge on any atom is 0.330 e. The second-order valence-corrected chi connectivity index (χ2v) is 5.39. The Morgan fingerprint density at radius 1 is 1.16 bits per heavy atom. The summed E-state index contributed by atoms with van der Waals surface area (Å²) in [4.78, 5) is 11.4. The van der Waals surface area contributed by atoms with Crippen LogP contribution in [0, 0.1) is 11.8 Å². The minimum absolute atomic E-state index is 0.0175. The molecule has 0 aromatic rings. The van der Waals surface area contributed by atoms with Crippen molar-refractivity contribution in [1.82, 2.24) is 0 Å². The summed E-state index contributed by atoms with van der Waals surface area (Å²) in [5.74, 6) is -0.233. The average Bonchev–Trinajstić information content (AvgIpc) is 2.75. The number of hydrogen-bond donors (Lipinski definition) is 2. The second-order valence-electron chi connectivity index (χ2n) is 5.39. The average molecular weight is 266 g/mol. The number of carbonyl (C=O) groups is 1. The minimum atomic E-state index is -0.708. The lowest BCUT2D eigenvalue weighted by Crippen LogP contribution is -2.21. The van der Waals surface area contributed by atoms with Crippen molar-refractivity contribution in [1.29, 1.82) is 0 Å². The zero-order valence-corrected chi connectivity index (χ0v) is 11.1. The van der Waals surface area contributed by atoms with Crippen LogP contribution in [0.4, 0.5) is 0 Å². The molecule has 0 unspecified atom stereocenters. The highest BCUT2D eigenvalue weighted by atomic mass is 16.5.